The van der Waals surface area contributed by atoms with Crippen LogP contribution in [-0.4, -0.2) is 56.1 Å². The predicted octanol–water partition coefficient (Wildman–Crippen LogP) is 2.67. The van der Waals surface area contributed by atoms with E-state index in [1.54, 1.807) is 0 Å². The largest absolute Gasteiger partial charge is 0.354 e. The Morgan fingerprint density at radius 2 is 1.82 bits per heavy atom. The predicted molar refractivity (Wildman–Crippen MR) is 110 cm³/mol. The molecule has 0 unspecified atom stereocenters. The molecule has 1 amide bonds. The average Bonchev–Trinajstić information content (AvgIpc) is 3.50. The summed E-state index contributed by atoms with van der Waals surface area (Å²) in [7, 11) is -3.71. The summed E-state index contributed by atoms with van der Waals surface area (Å²) >= 11 is 0. The Balaban J connectivity index is 1.57. The third-order valence-electron chi connectivity index (χ3n) is 5.80. The van der Waals surface area contributed by atoms with Gasteiger partial charge in [0.1, 0.15) is 10.7 Å². The molecule has 2 fully saturated rings. The van der Waals surface area contributed by atoms with Gasteiger partial charge in [-0.15, -0.1) is 4.40 Å². The van der Waals surface area contributed by atoms with E-state index in [4.69, 9.17) is 0 Å². The fraction of sp³-hybridized carbons (Fsp3) is 0.524. The molecule has 150 valence electrons. The van der Waals surface area contributed by atoms with Gasteiger partial charge in [-0.2, -0.15) is 8.42 Å². The van der Waals surface area contributed by atoms with Gasteiger partial charge in [0.15, 0.2) is 0 Å². The lowest BCUT2D eigenvalue weighted by Gasteiger charge is -2.23. The van der Waals surface area contributed by atoms with Crippen LogP contribution in [-0.2, 0) is 21.2 Å². The van der Waals surface area contributed by atoms with Crippen LogP contribution in [0.3, 0.4) is 0 Å². The van der Waals surface area contributed by atoms with Crippen molar-refractivity contribution < 1.29 is 13.2 Å². The molecule has 2 aliphatic heterocycles. The topological polar surface area (TPSA) is 70.0 Å². The number of nitrogens with zero attached hydrogens (tertiary/aromatic N) is 3. The van der Waals surface area contributed by atoms with E-state index in [9.17, 15) is 13.2 Å². The standard InChI is InChI=1S/C21H27N3O3S/c1-3-16-5-7-17(8-6-16)19-15(2)20(22-28(19,26)27)23-11-4-12-24(14-13-23)21(25)18-9-10-18/h5-8,18H,3-4,9-14H2,1-2H3. The van der Waals surface area contributed by atoms with Crippen LogP contribution in [0.5, 0.6) is 0 Å². The highest BCUT2D eigenvalue weighted by atomic mass is 32.2. The van der Waals surface area contributed by atoms with E-state index >= 15 is 0 Å². The Morgan fingerprint density at radius 3 is 2.46 bits per heavy atom. The van der Waals surface area contributed by atoms with Crippen molar-refractivity contribution in [2.24, 2.45) is 10.3 Å². The Kier molecular flexibility index (Phi) is 5.04. The zero-order valence-corrected chi connectivity index (χ0v) is 17.3. The maximum absolute atomic E-state index is 12.8. The van der Waals surface area contributed by atoms with Crippen molar-refractivity contribution in [2.45, 2.75) is 39.5 Å². The van der Waals surface area contributed by atoms with Gasteiger partial charge >= 0.3 is 0 Å². The molecular formula is C21H27N3O3S. The maximum atomic E-state index is 12.8. The molecule has 3 aliphatic rings. The molecule has 1 aromatic carbocycles. The molecule has 0 aromatic heterocycles. The summed E-state index contributed by atoms with van der Waals surface area (Å²) < 4.78 is 29.7. The van der Waals surface area contributed by atoms with Crippen LogP contribution in [0, 0.1) is 5.92 Å². The molecule has 1 saturated heterocycles. The molecule has 2 heterocycles. The van der Waals surface area contributed by atoms with Crippen LogP contribution >= 0.6 is 0 Å². The molecule has 7 heteroatoms. The van der Waals surface area contributed by atoms with Crippen LogP contribution in [0.25, 0.3) is 4.91 Å². The van der Waals surface area contributed by atoms with Gasteiger partial charge in [0.05, 0.1) is 0 Å². The number of rotatable bonds is 3. The van der Waals surface area contributed by atoms with Gasteiger partial charge in [-0.05, 0) is 43.7 Å². The van der Waals surface area contributed by atoms with Crippen LogP contribution in [0.2, 0.25) is 0 Å². The van der Waals surface area contributed by atoms with E-state index in [1.807, 2.05) is 41.0 Å². The number of hydrogen-bond donors (Lipinski definition) is 0. The first-order valence-corrected chi connectivity index (χ1v) is 11.5. The summed E-state index contributed by atoms with van der Waals surface area (Å²) in [5.41, 5.74) is 2.56. The first-order chi connectivity index (χ1) is 13.4. The normalized spacial score (nSPS) is 22.3. The minimum Gasteiger partial charge on any atom is -0.354 e. The highest BCUT2D eigenvalue weighted by molar-refractivity contribution is 8.00. The van der Waals surface area contributed by atoms with Gasteiger partial charge in [-0.25, -0.2) is 0 Å². The number of hydrogen-bond acceptors (Lipinski definition) is 4. The lowest BCUT2D eigenvalue weighted by Crippen LogP contribution is -2.38. The quantitative estimate of drug-likeness (QED) is 0.781. The van der Waals surface area contributed by atoms with Crippen molar-refractivity contribution in [1.82, 2.24) is 9.80 Å². The summed E-state index contributed by atoms with van der Waals surface area (Å²) in [4.78, 5) is 16.6. The van der Waals surface area contributed by atoms with Gasteiger partial charge in [0, 0.05) is 37.7 Å². The van der Waals surface area contributed by atoms with Gasteiger partial charge in [0.25, 0.3) is 10.0 Å². The summed E-state index contributed by atoms with van der Waals surface area (Å²) in [5.74, 6) is 1.01. The molecular weight excluding hydrogens is 374 g/mol. The molecule has 1 aliphatic carbocycles. The second kappa shape index (κ2) is 7.35. The number of carbonyl (C=O) groups is 1. The average molecular weight is 402 g/mol. The Labute approximate surface area is 167 Å². The smallest absolute Gasteiger partial charge is 0.285 e. The summed E-state index contributed by atoms with van der Waals surface area (Å²) in [6.45, 7) is 6.60. The van der Waals surface area contributed by atoms with Crippen LogP contribution in [0.15, 0.2) is 34.2 Å². The molecule has 6 nitrogen and oxygen atoms in total. The molecule has 0 radical (unpaired) electrons. The maximum Gasteiger partial charge on any atom is 0.285 e. The molecule has 28 heavy (non-hydrogen) atoms. The van der Waals surface area contributed by atoms with E-state index in [2.05, 4.69) is 11.3 Å². The van der Waals surface area contributed by atoms with E-state index in [1.165, 1.54) is 5.56 Å². The van der Waals surface area contributed by atoms with E-state index in [-0.39, 0.29) is 11.8 Å². The van der Waals surface area contributed by atoms with E-state index < -0.39 is 10.0 Å². The highest BCUT2D eigenvalue weighted by Crippen LogP contribution is 2.34. The fourth-order valence-corrected chi connectivity index (χ4v) is 5.50. The molecule has 0 spiro atoms. The molecule has 1 aromatic rings. The minimum atomic E-state index is -3.71. The minimum absolute atomic E-state index is 0.218. The number of sulfonamides is 1. The van der Waals surface area contributed by atoms with Crippen molar-refractivity contribution in [3.05, 3.63) is 41.0 Å². The molecule has 0 N–H and O–H groups in total. The number of benzene rings is 1. The van der Waals surface area contributed by atoms with Crippen molar-refractivity contribution in [1.29, 1.82) is 0 Å². The zero-order valence-electron chi connectivity index (χ0n) is 16.5. The SMILES string of the molecule is CCc1ccc(C2=C(C)C(N3CCCN(C(=O)C4CC4)CC3)=NS2(=O)=O)cc1. The lowest BCUT2D eigenvalue weighted by atomic mass is 10.1. The number of carbonyl (C=O) groups excluding carboxylic acids is 1. The zero-order chi connectivity index (χ0) is 19.9. The Bertz CT molecular complexity index is 944. The fourth-order valence-electron chi connectivity index (χ4n) is 4.01. The van der Waals surface area contributed by atoms with Gasteiger partial charge in [-0.1, -0.05) is 31.2 Å². The van der Waals surface area contributed by atoms with Crippen LogP contribution in [0.4, 0.5) is 0 Å². The van der Waals surface area contributed by atoms with Crippen molar-refractivity contribution in [3.63, 3.8) is 0 Å². The Morgan fingerprint density at radius 1 is 1.11 bits per heavy atom. The lowest BCUT2D eigenvalue weighted by molar-refractivity contribution is -0.132. The molecule has 4 rings (SSSR count). The first-order valence-electron chi connectivity index (χ1n) is 10.1. The van der Waals surface area contributed by atoms with Gasteiger partial charge < -0.3 is 9.80 Å². The summed E-state index contributed by atoms with van der Waals surface area (Å²) in [5, 5.41) is 0. The Hall–Kier alpha value is -2.15. The van der Waals surface area contributed by atoms with Gasteiger partial charge in [0.2, 0.25) is 5.91 Å². The second-order valence-corrected chi connectivity index (χ2v) is 9.38. The molecule has 0 bridgehead atoms. The first kappa shape index (κ1) is 19.2. The van der Waals surface area contributed by atoms with Crippen LogP contribution < -0.4 is 0 Å². The van der Waals surface area contributed by atoms with Crippen molar-refractivity contribution in [3.8, 4) is 0 Å². The van der Waals surface area contributed by atoms with Crippen molar-refractivity contribution in [2.75, 3.05) is 26.2 Å². The summed E-state index contributed by atoms with van der Waals surface area (Å²) in [6, 6.07) is 7.67. The van der Waals surface area contributed by atoms with E-state index in [0.29, 0.717) is 41.5 Å². The van der Waals surface area contributed by atoms with Crippen molar-refractivity contribution >= 4 is 26.7 Å². The number of amides is 1. The monoisotopic (exact) mass is 401 g/mol. The molecule has 0 atom stereocenters. The number of amidine groups is 1. The second-order valence-electron chi connectivity index (χ2n) is 7.83. The van der Waals surface area contributed by atoms with Gasteiger partial charge in [-0.3, -0.25) is 4.79 Å². The third kappa shape index (κ3) is 3.60. The summed E-state index contributed by atoms with van der Waals surface area (Å²) in [6.07, 6.45) is 3.75. The van der Waals surface area contributed by atoms with E-state index in [0.717, 1.165) is 32.2 Å². The third-order valence-corrected chi connectivity index (χ3v) is 7.27. The molecule has 1 saturated carbocycles. The van der Waals surface area contributed by atoms with Crippen LogP contribution in [0.1, 0.15) is 44.2 Å². The highest BCUT2D eigenvalue weighted by Gasteiger charge is 2.36. The number of aryl methyl sites for hydroxylation is 1.